The Morgan fingerprint density at radius 3 is 2.47 bits per heavy atom. The second-order valence-electron chi connectivity index (χ2n) is 3.81. The van der Waals surface area contributed by atoms with Crippen LogP contribution in [0.4, 0.5) is 4.79 Å². The standard InChI is InChI=1S/C12H17NO4/c14-9-11(15)6-7-13(12(16)17)8-10-4-2-1-3-5-10/h1-5,11,14-15H,6-9H2,(H,16,17)/t11-/m1/s1. The summed E-state index contributed by atoms with van der Waals surface area (Å²) in [6.07, 6.45) is -1.66. The van der Waals surface area contributed by atoms with Crippen LogP contribution in [0.2, 0.25) is 0 Å². The molecule has 17 heavy (non-hydrogen) atoms. The Kier molecular flexibility index (Phi) is 5.45. The molecular formula is C12H17NO4. The third-order valence-electron chi connectivity index (χ3n) is 2.43. The van der Waals surface area contributed by atoms with E-state index in [0.29, 0.717) is 0 Å². The summed E-state index contributed by atoms with van der Waals surface area (Å²) in [6, 6.07) is 9.25. The van der Waals surface area contributed by atoms with Gasteiger partial charge in [-0.2, -0.15) is 0 Å². The summed E-state index contributed by atoms with van der Waals surface area (Å²) in [7, 11) is 0. The van der Waals surface area contributed by atoms with E-state index in [1.54, 1.807) is 0 Å². The molecule has 0 saturated carbocycles. The van der Waals surface area contributed by atoms with Gasteiger partial charge < -0.3 is 20.2 Å². The number of aliphatic hydroxyl groups excluding tert-OH is 2. The SMILES string of the molecule is O=C(O)N(CC[C@@H](O)CO)Cc1ccccc1. The van der Waals surface area contributed by atoms with Gasteiger partial charge in [-0.1, -0.05) is 30.3 Å². The van der Waals surface area contributed by atoms with Gasteiger partial charge in [-0.05, 0) is 12.0 Å². The molecule has 3 N–H and O–H groups in total. The number of benzene rings is 1. The number of carbonyl (C=O) groups is 1. The molecule has 0 saturated heterocycles. The number of nitrogens with zero attached hydrogens (tertiary/aromatic N) is 1. The van der Waals surface area contributed by atoms with E-state index in [9.17, 15) is 9.90 Å². The van der Waals surface area contributed by atoms with Gasteiger partial charge in [-0.3, -0.25) is 0 Å². The Bertz CT molecular complexity index is 342. The predicted molar refractivity (Wildman–Crippen MR) is 62.6 cm³/mol. The molecule has 1 atom stereocenters. The van der Waals surface area contributed by atoms with Crippen molar-refractivity contribution in [2.45, 2.75) is 19.1 Å². The Hall–Kier alpha value is -1.59. The van der Waals surface area contributed by atoms with E-state index in [-0.39, 0.29) is 26.1 Å². The summed E-state index contributed by atoms with van der Waals surface area (Å²) in [5.74, 6) is 0. The summed E-state index contributed by atoms with van der Waals surface area (Å²) in [6.45, 7) is 0.138. The quantitative estimate of drug-likeness (QED) is 0.689. The average molecular weight is 239 g/mol. The van der Waals surface area contributed by atoms with Gasteiger partial charge in [0.05, 0.1) is 12.7 Å². The van der Waals surface area contributed by atoms with Crippen molar-refractivity contribution in [1.82, 2.24) is 4.90 Å². The molecule has 5 heteroatoms. The summed E-state index contributed by atoms with van der Waals surface area (Å²) < 4.78 is 0. The van der Waals surface area contributed by atoms with Gasteiger partial charge in [0.15, 0.2) is 0 Å². The van der Waals surface area contributed by atoms with Gasteiger partial charge in [0, 0.05) is 13.1 Å². The van der Waals surface area contributed by atoms with E-state index in [1.807, 2.05) is 30.3 Å². The van der Waals surface area contributed by atoms with Crippen LogP contribution in [0.15, 0.2) is 30.3 Å². The number of hydrogen-bond acceptors (Lipinski definition) is 3. The van der Waals surface area contributed by atoms with Crippen LogP contribution in [0, 0.1) is 0 Å². The van der Waals surface area contributed by atoms with Crippen molar-refractivity contribution in [3.63, 3.8) is 0 Å². The van der Waals surface area contributed by atoms with E-state index in [4.69, 9.17) is 10.2 Å². The van der Waals surface area contributed by atoms with Crippen LogP contribution in [-0.2, 0) is 6.54 Å². The van der Waals surface area contributed by atoms with Gasteiger partial charge in [0.25, 0.3) is 0 Å². The highest BCUT2D eigenvalue weighted by molar-refractivity contribution is 5.64. The molecule has 0 spiro atoms. The molecule has 0 bridgehead atoms. The van der Waals surface area contributed by atoms with Crippen LogP contribution in [0.5, 0.6) is 0 Å². The zero-order valence-electron chi connectivity index (χ0n) is 9.49. The molecule has 0 fully saturated rings. The van der Waals surface area contributed by atoms with E-state index in [2.05, 4.69) is 0 Å². The third-order valence-corrected chi connectivity index (χ3v) is 2.43. The van der Waals surface area contributed by atoms with Crippen LogP contribution < -0.4 is 0 Å². The van der Waals surface area contributed by atoms with Gasteiger partial charge in [0.1, 0.15) is 0 Å². The monoisotopic (exact) mass is 239 g/mol. The first-order valence-corrected chi connectivity index (χ1v) is 5.44. The molecule has 94 valence electrons. The number of rotatable bonds is 6. The highest BCUT2D eigenvalue weighted by Gasteiger charge is 2.13. The Balaban J connectivity index is 2.52. The van der Waals surface area contributed by atoms with Crippen LogP contribution in [0.25, 0.3) is 0 Å². The zero-order chi connectivity index (χ0) is 12.7. The molecule has 1 rings (SSSR count). The van der Waals surface area contributed by atoms with Crippen molar-refractivity contribution in [2.24, 2.45) is 0 Å². The maximum atomic E-state index is 11.0. The molecule has 0 aliphatic carbocycles. The van der Waals surface area contributed by atoms with Crippen molar-refractivity contribution in [3.8, 4) is 0 Å². The highest BCUT2D eigenvalue weighted by Crippen LogP contribution is 2.06. The minimum atomic E-state index is -1.03. The molecule has 5 nitrogen and oxygen atoms in total. The molecule has 0 unspecified atom stereocenters. The lowest BCUT2D eigenvalue weighted by Crippen LogP contribution is -2.32. The molecule has 0 radical (unpaired) electrons. The Morgan fingerprint density at radius 2 is 1.94 bits per heavy atom. The zero-order valence-corrected chi connectivity index (χ0v) is 9.49. The molecule has 0 heterocycles. The minimum absolute atomic E-state index is 0.200. The van der Waals surface area contributed by atoms with Crippen molar-refractivity contribution in [3.05, 3.63) is 35.9 Å². The molecule has 0 aliphatic heterocycles. The van der Waals surface area contributed by atoms with Gasteiger partial charge in [0.2, 0.25) is 0 Å². The Labute approximate surface area is 99.9 Å². The number of hydrogen-bond donors (Lipinski definition) is 3. The van der Waals surface area contributed by atoms with Crippen LogP contribution in [0.3, 0.4) is 0 Å². The van der Waals surface area contributed by atoms with E-state index >= 15 is 0 Å². The first-order valence-electron chi connectivity index (χ1n) is 5.44. The Morgan fingerprint density at radius 1 is 1.29 bits per heavy atom. The lowest BCUT2D eigenvalue weighted by Gasteiger charge is -2.20. The molecule has 0 aliphatic rings. The maximum Gasteiger partial charge on any atom is 0.407 e. The summed E-state index contributed by atoms with van der Waals surface area (Å²) >= 11 is 0. The second-order valence-corrected chi connectivity index (χ2v) is 3.81. The fourth-order valence-corrected chi connectivity index (χ4v) is 1.44. The molecular weight excluding hydrogens is 222 g/mol. The third kappa shape index (κ3) is 4.84. The summed E-state index contributed by atoms with van der Waals surface area (Å²) in [5.41, 5.74) is 0.897. The van der Waals surface area contributed by atoms with Crippen molar-refractivity contribution in [1.29, 1.82) is 0 Å². The smallest absolute Gasteiger partial charge is 0.407 e. The second kappa shape index (κ2) is 6.88. The predicted octanol–water partition coefficient (Wildman–Crippen LogP) is 0.910. The van der Waals surface area contributed by atoms with Gasteiger partial charge >= 0.3 is 6.09 Å². The van der Waals surface area contributed by atoms with Crippen molar-refractivity contribution in [2.75, 3.05) is 13.2 Å². The van der Waals surface area contributed by atoms with Crippen LogP contribution in [0.1, 0.15) is 12.0 Å². The minimum Gasteiger partial charge on any atom is -0.465 e. The molecule has 1 aromatic rings. The number of carboxylic acid groups (broad SMARTS) is 1. The van der Waals surface area contributed by atoms with E-state index in [0.717, 1.165) is 5.56 Å². The number of amides is 1. The van der Waals surface area contributed by atoms with Crippen molar-refractivity contribution < 1.29 is 20.1 Å². The lowest BCUT2D eigenvalue weighted by molar-refractivity contribution is 0.0745. The largest absolute Gasteiger partial charge is 0.465 e. The number of aliphatic hydroxyl groups is 2. The molecule has 0 aromatic heterocycles. The fourth-order valence-electron chi connectivity index (χ4n) is 1.44. The van der Waals surface area contributed by atoms with Crippen LogP contribution in [-0.4, -0.2) is 45.6 Å². The van der Waals surface area contributed by atoms with Crippen molar-refractivity contribution >= 4 is 6.09 Å². The van der Waals surface area contributed by atoms with Crippen LogP contribution >= 0.6 is 0 Å². The van der Waals surface area contributed by atoms with Gasteiger partial charge in [-0.15, -0.1) is 0 Å². The first kappa shape index (κ1) is 13.5. The molecule has 1 aromatic carbocycles. The first-order chi connectivity index (χ1) is 8.13. The average Bonchev–Trinajstić information content (AvgIpc) is 2.34. The highest BCUT2D eigenvalue weighted by atomic mass is 16.4. The lowest BCUT2D eigenvalue weighted by atomic mass is 10.2. The van der Waals surface area contributed by atoms with E-state index < -0.39 is 12.2 Å². The maximum absolute atomic E-state index is 11.0. The van der Waals surface area contributed by atoms with Gasteiger partial charge in [-0.25, -0.2) is 4.79 Å². The normalized spacial score (nSPS) is 12.1. The summed E-state index contributed by atoms with van der Waals surface area (Å²) in [5, 5.41) is 26.8. The fraction of sp³-hybridized carbons (Fsp3) is 0.417. The van der Waals surface area contributed by atoms with E-state index in [1.165, 1.54) is 4.90 Å². The molecule has 1 amide bonds. The summed E-state index contributed by atoms with van der Waals surface area (Å²) in [4.78, 5) is 12.2. The topological polar surface area (TPSA) is 81.0 Å².